The van der Waals surface area contributed by atoms with Gasteiger partial charge in [0.2, 0.25) is 0 Å². The molecule has 0 radical (unpaired) electrons. The zero-order valence-electron chi connectivity index (χ0n) is 14.2. The van der Waals surface area contributed by atoms with Crippen LogP contribution in [0.2, 0.25) is 0 Å². The van der Waals surface area contributed by atoms with Gasteiger partial charge in [0.1, 0.15) is 0 Å². The summed E-state index contributed by atoms with van der Waals surface area (Å²) in [5.74, 6) is -4.55. The Hall–Kier alpha value is 0.720. The molecule has 0 atom stereocenters. The predicted octanol–water partition coefficient (Wildman–Crippen LogP) is -3.98. The van der Waals surface area contributed by atoms with Gasteiger partial charge in [-0.1, -0.05) is 0 Å². The maximum atomic E-state index is 10.6. The van der Waals surface area contributed by atoms with E-state index in [9.17, 15) is 19.2 Å². The van der Waals surface area contributed by atoms with Crippen molar-refractivity contribution >= 4 is 113 Å². The summed E-state index contributed by atoms with van der Waals surface area (Å²) in [4.78, 5) is 44.9. The van der Waals surface area contributed by atoms with E-state index in [0.29, 0.717) is 0 Å². The normalized spacial score (nSPS) is 9.86. The Bertz CT molecular complexity index is 411. The van der Waals surface area contributed by atoms with Crippen LogP contribution in [0.15, 0.2) is 0 Å². The van der Waals surface area contributed by atoms with E-state index in [1.54, 1.807) is 0 Å². The Morgan fingerprint density at radius 1 is 0.517 bits per heavy atom. The predicted molar refractivity (Wildman–Crippen MR) is 107 cm³/mol. The molecular weight excluding hydrogens is 425 g/mol. The molecule has 29 heavy (non-hydrogen) atoms. The van der Waals surface area contributed by atoms with Crippen molar-refractivity contribution in [1.29, 1.82) is 0 Å². The fourth-order valence-corrected chi connectivity index (χ4v) is 1.90. The second kappa shape index (κ2) is 23.4. The van der Waals surface area contributed by atoms with E-state index in [4.69, 9.17) is 29.9 Å². The van der Waals surface area contributed by atoms with Crippen LogP contribution in [0.1, 0.15) is 0 Å². The molecule has 0 saturated carbocycles. The van der Waals surface area contributed by atoms with Gasteiger partial charge in [0.25, 0.3) is 0 Å². The van der Waals surface area contributed by atoms with Gasteiger partial charge in [0.05, 0.1) is 52.6 Å². The summed E-state index contributed by atoms with van der Waals surface area (Å²) in [6.07, 6.45) is 0. The number of carboxylic acid groups (broad SMARTS) is 4. The van der Waals surface area contributed by atoms with Crippen LogP contribution in [-0.2, 0) is 28.7 Å². The van der Waals surface area contributed by atoms with E-state index in [1.165, 1.54) is 9.80 Å². The van der Waals surface area contributed by atoms with Gasteiger partial charge in [0, 0.05) is 13.1 Å². The second-order valence-electron chi connectivity index (χ2n) is 5.22. The Morgan fingerprint density at radius 3 is 0.966 bits per heavy atom. The van der Waals surface area contributed by atoms with Crippen molar-refractivity contribution in [2.24, 2.45) is 0 Å². The number of carbonyl (C=O) groups is 4. The molecule has 0 aliphatic rings. The Morgan fingerprint density at radius 2 is 0.759 bits per heavy atom. The number of ether oxygens (including phenoxy) is 2. The Labute approximate surface area is 234 Å². The van der Waals surface area contributed by atoms with Crippen molar-refractivity contribution in [2.75, 3.05) is 65.7 Å². The van der Waals surface area contributed by atoms with Crippen LogP contribution in [0.5, 0.6) is 0 Å². The van der Waals surface area contributed by atoms with Crippen LogP contribution >= 0.6 is 0 Å². The summed E-state index contributed by atoms with van der Waals surface area (Å²) in [6, 6.07) is 0. The first-order chi connectivity index (χ1) is 12.2. The Kier molecular flexibility index (Phi) is 29.9. The van der Waals surface area contributed by atoms with Gasteiger partial charge in [-0.25, -0.2) is 0 Å². The third-order valence-electron chi connectivity index (χ3n) is 2.91. The average molecular weight is 452 g/mol. The summed E-state index contributed by atoms with van der Waals surface area (Å²) in [5.41, 5.74) is 0. The molecule has 15 heteroatoms. The molecule has 4 N–H and O–H groups in total. The zero-order chi connectivity index (χ0) is 19.9. The van der Waals surface area contributed by atoms with Gasteiger partial charge >= 0.3 is 113 Å². The first-order valence-corrected chi connectivity index (χ1v) is 7.68. The van der Waals surface area contributed by atoms with Crippen LogP contribution in [0.3, 0.4) is 0 Å². The molecule has 0 spiro atoms. The van der Waals surface area contributed by atoms with Crippen molar-refractivity contribution in [3.63, 3.8) is 0 Å². The molecule has 12 nitrogen and oxygen atoms in total. The Balaban J connectivity index is -0.00000104. The average Bonchev–Trinajstić information content (AvgIpc) is 2.47. The van der Waals surface area contributed by atoms with Crippen LogP contribution < -0.4 is 0 Å². The number of carboxylic acids is 4. The van der Waals surface area contributed by atoms with E-state index in [-0.39, 0.29) is 128 Å². The minimum absolute atomic E-state index is 0. The molecule has 0 unspecified atom stereocenters. The molecular formula is C14H27N2Na3O10. The molecule has 0 aromatic heterocycles. The van der Waals surface area contributed by atoms with Gasteiger partial charge < -0.3 is 29.9 Å². The number of hydrogen-bond donors (Lipinski definition) is 4. The van der Waals surface area contributed by atoms with Crippen LogP contribution in [0.4, 0.5) is 0 Å². The number of rotatable bonds is 17. The molecule has 0 amide bonds. The molecule has 0 saturated heterocycles. The SMILES string of the molecule is O=C(O)CN(CCOCCOCCN(CC(=O)O)CC(=O)O)CC(=O)O.[NaH].[NaH].[NaH]. The molecule has 0 aliphatic heterocycles. The molecule has 0 aromatic rings. The first-order valence-electron chi connectivity index (χ1n) is 7.68. The summed E-state index contributed by atoms with van der Waals surface area (Å²) in [5, 5.41) is 34.7. The maximum absolute atomic E-state index is 10.6. The molecule has 156 valence electrons. The van der Waals surface area contributed by atoms with E-state index in [1.807, 2.05) is 0 Å². The van der Waals surface area contributed by atoms with Gasteiger partial charge in [-0.3, -0.25) is 29.0 Å². The van der Waals surface area contributed by atoms with E-state index in [0.717, 1.165) is 0 Å². The summed E-state index contributed by atoms with van der Waals surface area (Å²) in [7, 11) is 0. The first kappa shape index (κ1) is 37.1. The quantitative estimate of drug-likeness (QED) is 0.125. The van der Waals surface area contributed by atoms with Crippen molar-refractivity contribution in [1.82, 2.24) is 9.80 Å². The minimum atomic E-state index is -1.14. The van der Waals surface area contributed by atoms with E-state index in [2.05, 4.69) is 0 Å². The van der Waals surface area contributed by atoms with Crippen LogP contribution in [-0.4, -0.2) is 208 Å². The van der Waals surface area contributed by atoms with E-state index >= 15 is 0 Å². The van der Waals surface area contributed by atoms with E-state index < -0.39 is 50.1 Å². The fourth-order valence-electron chi connectivity index (χ4n) is 1.90. The van der Waals surface area contributed by atoms with Gasteiger partial charge in [-0.05, 0) is 0 Å². The molecule has 0 aliphatic carbocycles. The van der Waals surface area contributed by atoms with Crippen molar-refractivity contribution in [2.45, 2.75) is 0 Å². The van der Waals surface area contributed by atoms with Crippen molar-refractivity contribution in [3.8, 4) is 0 Å². The zero-order valence-corrected chi connectivity index (χ0v) is 14.2. The number of nitrogens with zero attached hydrogens (tertiary/aromatic N) is 2. The molecule has 0 rings (SSSR count). The third-order valence-corrected chi connectivity index (χ3v) is 2.91. The van der Waals surface area contributed by atoms with Gasteiger partial charge in [-0.2, -0.15) is 0 Å². The van der Waals surface area contributed by atoms with Crippen molar-refractivity contribution < 1.29 is 49.1 Å². The number of hydrogen-bond acceptors (Lipinski definition) is 8. The van der Waals surface area contributed by atoms with Crippen molar-refractivity contribution in [3.05, 3.63) is 0 Å². The molecule has 0 fully saturated rings. The molecule has 0 aromatic carbocycles. The second-order valence-corrected chi connectivity index (χ2v) is 5.22. The number of aliphatic carboxylic acids is 4. The fraction of sp³-hybridized carbons (Fsp3) is 0.714. The van der Waals surface area contributed by atoms with Gasteiger partial charge in [-0.15, -0.1) is 0 Å². The van der Waals surface area contributed by atoms with Crippen LogP contribution in [0.25, 0.3) is 0 Å². The summed E-state index contributed by atoms with van der Waals surface area (Å²) >= 11 is 0. The van der Waals surface area contributed by atoms with Gasteiger partial charge in [0.15, 0.2) is 0 Å². The molecule has 0 heterocycles. The molecule has 0 bridgehead atoms. The standard InChI is InChI=1S/C14H24N2O10.3Na.3H/c17-11(18)7-15(8-12(19)20)1-3-25-5-6-26-4-2-16(9-13(21)22)10-14(23)24;;;;;;/h1-10H2,(H,17,18)(H,19,20)(H,21,22)(H,23,24);;;;;;. The summed E-state index contributed by atoms with van der Waals surface area (Å²) in [6.45, 7) is -0.790. The van der Waals surface area contributed by atoms with Crippen LogP contribution in [0, 0.1) is 0 Å². The third kappa shape index (κ3) is 26.7. The topological polar surface area (TPSA) is 174 Å². The summed E-state index contributed by atoms with van der Waals surface area (Å²) < 4.78 is 10.4. The monoisotopic (exact) mass is 452 g/mol.